The second kappa shape index (κ2) is 8.30. The highest BCUT2D eigenvalue weighted by Crippen LogP contribution is 2.31. The topological polar surface area (TPSA) is 64.4 Å². The van der Waals surface area contributed by atoms with Crippen LogP contribution in [-0.4, -0.2) is 35.3 Å². The van der Waals surface area contributed by atoms with Gasteiger partial charge in [-0.2, -0.15) is 5.10 Å². The van der Waals surface area contributed by atoms with Crippen LogP contribution in [0.25, 0.3) is 15.9 Å². The number of fused-ring (bicyclic) bond motifs is 1. The summed E-state index contributed by atoms with van der Waals surface area (Å²) in [4.78, 5) is 27.6. The third-order valence-electron chi connectivity index (χ3n) is 4.64. The molecular formula is C22H18ClN3O3S. The number of ether oxygens (including phenoxy) is 1. The number of carbonyl (C=O) groups excluding carboxylic acids is 2. The third-order valence-corrected chi connectivity index (χ3v) is 5.97. The number of aromatic nitrogens is 2. The molecule has 0 radical (unpaired) electrons. The van der Waals surface area contributed by atoms with E-state index in [1.165, 1.54) is 16.2 Å². The number of anilines is 1. The molecule has 2 aromatic carbocycles. The van der Waals surface area contributed by atoms with Crippen molar-refractivity contribution in [2.75, 3.05) is 18.6 Å². The van der Waals surface area contributed by atoms with E-state index < -0.39 is 5.97 Å². The number of esters is 1. The monoisotopic (exact) mass is 439 g/mol. The summed E-state index contributed by atoms with van der Waals surface area (Å²) in [5.74, 6) is -0.847. The van der Waals surface area contributed by atoms with Gasteiger partial charge in [0, 0.05) is 23.1 Å². The number of rotatable bonds is 5. The van der Waals surface area contributed by atoms with Crippen LogP contribution >= 0.6 is 22.9 Å². The number of halogens is 1. The molecule has 30 heavy (non-hydrogen) atoms. The number of amides is 1. The molecule has 152 valence electrons. The van der Waals surface area contributed by atoms with E-state index in [2.05, 4.69) is 5.10 Å². The number of benzene rings is 2. The zero-order chi connectivity index (χ0) is 21.3. The van der Waals surface area contributed by atoms with Crippen LogP contribution < -0.4 is 4.90 Å². The van der Waals surface area contributed by atoms with E-state index in [0.29, 0.717) is 9.90 Å². The van der Waals surface area contributed by atoms with Gasteiger partial charge in [-0.15, -0.1) is 11.3 Å². The Labute approximate surface area is 182 Å². The van der Waals surface area contributed by atoms with Crippen molar-refractivity contribution in [3.63, 3.8) is 0 Å². The fourth-order valence-electron chi connectivity index (χ4n) is 3.02. The van der Waals surface area contributed by atoms with Gasteiger partial charge in [-0.25, -0.2) is 9.48 Å². The first-order chi connectivity index (χ1) is 14.4. The zero-order valence-electron chi connectivity index (χ0n) is 16.3. The van der Waals surface area contributed by atoms with Gasteiger partial charge in [0.25, 0.3) is 5.91 Å². The largest absolute Gasteiger partial charge is 0.451 e. The lowest BCUT2D eigenvalue weighted by molar-refractivity contribution is -0.121. The molecule has 0 aliphatic rings. The first-order valence-corrected chi connectivity index (χ1v) is 10.4. The number of nitrogens with zero attached hydrogens (tertiary/aromatic N) is 3. The number of thiophene rings is 1. The van der Waals surface area contributed by atoms with E-state index in [-0.39, 0.29) is 12.5 Å². The maximum absolute atomic E-state index is 12.6. The SMILES string of the molecule is Cc1nn(-c2cccc(Cl)c2)c2sc(C(=O)OCC(=O)N(C)c3ccccc3)cc12. The molecule has 0 saturated heterocycles. The normalized spacial score (nSPS) is 10.9. The Hall–Kier alpha value is -3.16. The summed E-state index contributed by atoms with van der Waals surface area (Å²) in [6.07, 6.45) is 0. The second-order valence-corrected chi connectivity index (χ2v) is 8.14. The summed E-state index contributed by atoms with van der Waals surface area (Å²) in [5.41, 5.74) is 2.33. The smallest absolute Gasteiger partial charge is 0.348 e. The minimum atomic E-state index is -0.539. The number of likely N-dealkylation sites (N-methyl/N-ethyl adjacent to an activating group) is 1. The maximum atomic E-state index is 12.6. The van der Waals surface area contributed by atoms with Crippen molar-refractivity contribution < 1.29 is 14.3 Å². The fraction of sp³-hybridized carbons (Fsp3) is 0.136. The highest BCUT2D eigenvalue weighted by molar-refractivity contribution is 7.20. The van der Waals surface area contributed by atoms with Crippen molar-refractivity contribution in [2.24, 2.45) is 0 Å². The lowest BCUT2D eigenvalue weighted by Crippen LogP contribution is -2.30. The van der Waals surface area contributed by atoms with Crippen LogP contribution in [0.1, 0.15) is 15.4 Å². The van der Waals surface area contributed by atoms with Crippen molar-refractivity contribution in [3.8, 4) is 5.69 Å². The average Bonchev–Trinajstić information content (AvgIpc) is 3.32. The highest BCUT2D eigenvalue weighted by atomic mass is 35.5. The Kier molecular flexibility index (Phi) is 5.57. The van der Waals surface area contributed by atoms with Gasteiger partial charge in [0.2, 0.25) is 0 Å². The Morgan fingerprint density at radius 3 is 2.63 bits per heavy atom. The van der Waals surface area contributed by atoms with Gasteiger partial charge in [-0.3, -0.25) is 4.79 Å². The highest BCUT2D eigenvalue weighted by Gasteiger charge is 2.20. The molecule has 0 fully saturated rings. The Morgan fingerprint density at radius 1 is 1.13 bits per heavy atom. The molecule has 1 amide bonds. The van der Waals surface area contributed by atoms with E-state index in [1.54, 1.807) is 23.9 Å². The van der Waals surface area contributed by atoms with Gasteiger partial charge in [0.05, 0.1) is 11.4 Å². The molecule has 4 rings (SSSR count). The van der Waals surface area contributed by atoms with Crippen LogP contribution in [0.3, 0.4) is 0 Å². The van der Waals surface area contributed by atoms with E-state index in [4.69, 9.17) is 16.3 Å². The van der Waals surface area contributed by atoms with Crippen molar-refractivity contribution in [1.29, 1.82) is 0 Å². The quantitative estimate of drug-likeness (QED) is 0.416. The summed E-state index contributed by atoms with van der Waals surface area (Å²) >= 11 is 7.37. The van der Waals surface area contributed by atoms with Gasteiger partial charge in [-0.05, 0) is 43.3 Å². The van der Waals surface area contributed by atoms with Crippen LogP contribution in [0.4, 0.5) is 5.69 Å². The van der Waals surface area contributed by atoms with Crippen molar-refractivity contribution in [1.82, 2.24) is 9.78 Å². The lowest BCUT2D eigenvalue weighted by atomic mass is 10.3. The molecule has 0 spiro atoms. The van der Waals surface area contributed by atoms with Crippen molar-refractivity contribution >= 4 is 50.7 Å². The summed E-state index contributed by atoms with van der Waals surface area (Å²) in [7, 11) is 1.65. The molecule has 6 nitrogen and oxygen atoms in total. The second-order valence-electron chi connectivity index (χ2n) is 6.67. The number of para-hydroxylation sites is 1. The van der Waals surface area contributed by atoms with Crippen LogP contribution in [0.5, 0.6) is 0 Å². The zero-order valence-corrected chi connectivity index (χ0v) is 17.9. The van der Waals surface area contributed by atoms with Gasteiger partial charge >= 0.3 is 5.97 Å². The molecule has 2 aromatic heterocycles. The van der Waals surface area contributed by atoms with Crippen LogP contribution in [-0.2, 0) is 9.53 Å². The van der Waals surface area contributed by atoms with E-state index in [9.17, 15) is 9.59 Å². The minimum absolute atomic E-state index is 0.308. The Balaban J connectivity index is 1.51. The first-order valence-electron chi connectivity index (χ1n) is 9.18. The van der Waals surface area contributed by atoms with Crippen molar-refractivity contribution in [3.05, 3.63) is 76.3 Å². The van der Waals surface area contributed by atoms with Crippen LogP contribution in [0, 0.1) is 6.92 Å². The number of hydrogen-bond donors (Lipinski definition) is 0. The Bertz CT molecular complexity index is 1230. The molecule has 0 saturated carbocycles. The van der Waals surface area contributed by atoms with Crippen LogP contribution in [0.15, 0.2) is 60.7 Å². The molecule has 4 aromatic rings. The predicted molar refractivity (Wildman–Crippen MR) is 119 cm³/mol. The minimum Gasteiger partial charge on any atom is -0.451 e. The standard InChI is InChI=1S/C22H18ClN3O3S/c1-14-18-12-19(30-21(18)26(24-14)17-10-6-7-15(23)11-17)22(28)29-13-20(27)25(2)16-8-4-3-5-9-16/h3-12H,13H2,1-2H3. The Morgan fingerprint density at radius 2 is 1.90 bits per heavy atom. The molecule has 2 heterocycles. The van der Waals surface area contributed by atoms with E-state index >= 15 is 0 Å². The summed E-state index contributed by atoms with van der Waals surface area (Å²) < 4.78 is 7.02. The van der Waals surface area contributed by atoms with Gasteiger partial charge in [0.15, 0.2) is 6.61 Å². The molecule has 0 atom stereocenters. The van der Waals surface area contributed by atoms with Crippen molar-refractivity contribution in [2.45, 2.75) is 6.92 Å². The molecule has 0 aliphatic heterocycles. The summed E-state index contributed by atoms with van der Waals surface area (Å²) in [6, 6.07) is 18.3. The van der Waals surface area contributed by atoms with E-state index in [1.807, 2.05) is 55.5 Å². The number of hydrogen-bond acceptors (Lipinski definition) is 5. The summed E-state index contributed by atoms with van der Waals surface area (Å²) in [6.45, 7) is 1.54. The molecule has 0 unspecified atom stereocenters. The van der Waals surface area contributed by atoms with Gasteiger partial charge in [-0.1, -0.05) is 35.9 Å². The van der Waals surface area contributed by atoms with Crippen LogP contribution in [0.2, 0.25) is 5.02 Å². The maximum Gasteiger partial charge on any atom is 0.348 e. The third kappa shape index (κ3) is 3.94. The predicted octanol–water partition coefficient (Wildman–Crippen LogP) is 4.87. The number of carbonyl (C=O) groups is 2. The first kappa shape index (κ1) is 20.1. The van der Waals surface area contributed by atoms with Gasteiger partial charge in [0.1, 0.15) is 9.71 Å². The fourth-order valence-corrected chi connectivity index (χ4v) is 4.28. The molecule has 0 N–H and O–H groups in total. The molecular weight excluding hydrogens is 422 g/mol. The summed E-state index contributed by atoms with van der Waals surface area (Å²) in [5, 5.41) is 6.01. The number of aryl methyl sites for hydroxylation is 1. The molecule has 0 bridgehead atoms. The van der Waals surface area contributed by atoms with E-state index in [0.717, 1.165) is 27.3 Å². The average molecular weight is 440 g/mol. The van der Waals surface area contributed by atoms with Gasteiger partial charge < -0.3 is 9.64 Å². The lowest BCUT2D eigenvalue weighted by Gasteiger charge is -2.16. The molecule has 0 aliphatic carbocycles. The molecule has 8 heteroatoms.